The summed E-state index contributed by atoms with van der Waals surface area (Å²) in [6.45, 7) is 10.2. The third-order valence-electron chi connectivity index (χ3n) is 3.85. The molecule has 8 heteroatoms. The lowest BCUT2D eigenvalue weighted by Crippen LogP contribution is -2.44. The number of nitrogens with zero attached hydrogens (tertiary/aromatic N) is 2. The van der Waals surface area contributed by atoms with Gasteiger partial charge in [0.1, 0.15) is 0 Å². The molecule has 1 atom stereocenters. The zero-order valence-electron chi connectivity index (χ0n) is 15.2. The zero-order valence-corrected chi connectivity index (χ0v) is 17.5. The van der Waals surface area contributed by atoms with E-state index in [1.165, 1.54) is 7.11 Å². The van der Waals surface area contributed by atoms with E-state index in [9.17, 15) is 4.79 Å². The summed E-state index contributed by atoms with van der Waals surface area (Å²) in [4.78, 5) is 18.1. The van der Waals surface area contributed by atoms with Gasteiger partial charge in [0.2, 0.25) is 0 Å². The Bertz CT molecular complexity index is 363. The highest BCUT2D eigenvalue weighted by Gasteiger charge is 2.16. The van der Waals surface area contributed by atoms with Crippen molar-refractivity contribution in [2.75, 3.05) is 53.0 Å². The van der Waals surface area contributed by atoms with E-state index in [2.05, 4.69) is 39.1 Å². The van der Waals surface area contributed by atoms with Crippen molar-refractivity contribution in [1.29, 1.82) is 0 Å². The average Bonchev–Trinajstić information content (AvgIpc) is 2.59. The molecule has 7 nitrogen and oxygen atoms in total. The molecule has 2 N–H and O–H groups in total. The quantitative estimate of drug-likeness (QED) is 0.179. The van der Waals surface area contributed by atoms with Crippen molar-refractivity contribution >= 4 is 35.9 Å². The number of esters is 1. The van der Waals surface area contributed by atoms with Gasteiger partial charge in [-0.2, -0.15) is 0 Å². The Kier molecular flexibility index (Phi) is 14.3. The third kappa shape index (κ3) is 10.3. The fraction of sp³-hybridized carbons (Fsp3) is 0.875. The van der Waals surface area contributed by atoms with Crippen LogP contribution in [0.3, 0.4) is 0 Å². The van der Waals surface area contributed by atoms with Gasteiger partial charge < -0.3 is 20.1 Å². The van der Waals surface area contributed by atoms with Gasteiger partial charge >= 0.3 is 5.97 Å². The van der Waals surface area contributed by atoms with Gasteiger partial charge in [0.25, 0.3) is 0 Å². The first kappa shape index (κ1) is 23.4. The lowest BCUT2D eigenvalue weighted by molar-refractivity contribution is -0.140. The van der Waals surface area contributed by atoms with Crippen molar-refractivity contribution < 1.29 is 14.3 Å². The van der Waals surface area contributed by atoms with Gasteiger partial charge in [-0.1, -0.05) is 0 Å². The highest BCUT2D eigenvalue weighted by Crippen LogP contribution is 2.03. The number of methoxy groups -OCH3 is 1. The van der Waals surface area contributed by atoms with Crippen molar-refractivity contribution in [3.8, 4) is 0 Å². The monoisotopic (exact) mass is 456 g/mol. The maximum Gasteiger partial charge on any atom is 0.305 e. The molecule has 0 amide bonds. The number of nitrogens with one attached hydrogen (secondary N) is 2. The van der Waals surface area contributed by atoms with Gasteiger partial charge in [0.05, 0.1) is 26.9 Å². The van der Waals surface area contributed by atoms with Gasteiger partial charge in [-0.15, -0.1) is 24.0 Å². The van der Waals surface area contributed by atoms with Crippen molar-refractivity contribution in [3.63, 3.8) is 0 Å². The Labute approximate surface area is 162 Å². The van der Waals surface area contributed by atoms with Crippen molar-refractivity contribution in [2.45, 2.75) is 39.2 Å². The maximum atomic E-state index is 11.0. The molecule has 0 saturated carbocycles. The van der Waals surface area contributed by atoms with Gasteiger partial charge in [-0.05, 0) is 26.7 Å². The molecule has 24 heavy (non-hydrogen) atoms. The summed E-state index contributed by atoms with van der Waals surface area (Å²) in [6, 6.07) is 0.411. The number of ether oxygens (including phenoxy) is 2. The largest absolute Gasteiger partial charge is 0.469 e. The number of carbonyl (C=O) groups excluding carboxylic acids is 1. The Hall–Kier alpha value is -0.610. The van der Waals surface area contributed by atoms with E-state index in [1.807, 2.05) is 0 Å². The van der Waals surface area contributed by atoms with E-state index in [0.717, 1.165) is 64.7 Å². The van der Waals surface area contributed by atoms with E-state index in [1.54, 1.807) is 0 Å². The number of aliphatic imine (C=N–C) groups is 1. The van der Waals surface area contributed by atoms with Crippen molar-refractivity contribution in [1.82, 2.24) is 15.5 Å². The van der Waals surface area contributed by atoms with Crippen LogP contribution in [0.2, 0.25) is 0 Å². The van der Waals surface area contributed by atoms with Crippen LogP contribution in [0.25, 0.3) is 0 Å². The molecular formula is C16H33IN4O3. The van der Waals surface area contributed by atoms with Gasteiger partial charge in [0, 0.05) is 38.6 Å². The van der Waals surface area contributed by atoms with E-state index in [-0.39, 0.29) is 29.9 Å². The number of carbonyl (C=O) groups is 1. The van der Waals surface area contributed by atoms with Crippen LogP contribution in [0.1, 0.15) is 33.1 Å². The Morgan fingerprint density at radius 2 is 2.00 bits per heavy atom. The number of rotatable bonds is 9. The van der Waals surface area contributed by atoms with Crippen LogP contribution in [-0.4, -0.2) is 75.9 Å². The minimum atomic E-state index is -0.148. The van der Waals surface area contributed by atoms with Crippen LogP contribution in [-0.2, 0) is 14.3 Å². The third-order valence-corrected chi connectivity index (χ3v) is 3.85. The molecule has 1 fully saturated rings. The molecule has 0 bridgehead atoms. The number of unbranched alkanes of at least 4 members (excludes halogenated alkanes) is 1. The van der Waals surface area contributed by atoms with Crippen molar-refractivity contribution in [2.24, 2.45) is 4.99 Å². The summed E-state index contributed by atoms with van der Waals surface area (Å²) in [5.74, 6) is 0.690. The second-order valence-corrected chi connectivity index (χ2v) is 5.68. The molecule has 1 heterocycles. The zero-order chi connectivity index (χ0) is 16.9. The van der Waals surface area contributed by atoms with Crippen LogP contribution in [0.5, 0.6) is 0 Å². The number of hydrogen-bond acceptors (Lipinski definition) is 5. The first-order chi connectivity index (χ1) is 11.2. The van der Waals surface area contributed by atoms with Crippen LogP contribution in [0.15, 0.2) is 4.99 Å². The minimum absolute atomic E-state index is 0. The summed E-state index contributed by atoms with van der Waals surface area (Å²) >= 11 is 0. The Morgan fingerprint density at radius 1 is 1.29 bits per heavy atom. The second kappa shape index (κ2) is 14.7. The van der Waals surface area contributed by atoms with Crippen LogP contribution in [0, 0.1) is 0 Å². The molecule has 1 saturated heterocycles. The molecule has 1 aliphatic rings. The molecule has 0 spiro atoms. The number of halogens is 1. The summed E-state index contributed by atoms with van der Waals surface area (Å²) in [7, 11) is 1.42. The normalized spacial score (nSPS) is 16.9. The number of morpholine rings is 1. The molecular weight excluding hydrogens is 423 g/mol. The average molecular weight is 456 g/mol. The smallest absolute Gasteiger partial charge is 0.305 e. The van der Waals surface area contributed by atoms with Gasteiger partial charge in [-0.3, -0.25) is 14.7 Å². The molecule has 0 aromatic heterocycles. The van der Waals surface area contributed by atoms with E-state index in [0.29, 0.717) is 12.5 Å². The van der Waals surface area contributed by atoms with Crippen molar-refractivity contribution in [3.05, 3.63) is 0 Å². The molecule has 0 aromatic carbocycles. The number of guanidine groups is 1. The topological polar surface area (TPSA) is 75.2 Å². The summed E-state index contributed by atoms with van der Waals surface area (Å²) in [5.41, 5.74) is 0. The summed E-state index contributed by atoms with van der Waals surface area (Å²) in [5, 5.41) is 6.57. The first-order valence-electron chi connectivity index (χ1n) is 8.58. The summed E-state index contributed by atoms with van der Waals surface area (Å²) in [6.07, 6.45) is 2.21. The SMILES string of the molecule is CCNC(=NCC(C)N1CCOCC1)NCCCCC(=O)OC.I. The fourth-order valence-electron chi connectivity index (χ4n) is 2.40. The highest BCUT2D eigenvalue weighted by molar-refractivity contribution is 14.0. The highest BCUT2D eigenvalue weighted by atomic mass is 127. The maximum absolute atomic E-state index is 11.0. The predicted molar refractivity (Wildman–Crippen MR) is 107 cm³/mol. The molecule has 1 rings (SSSR count). The van der Waals surface area contributed by atoms with Gasteiger partial charge in [0.15, 0.2) is 5.96 Å². The van der Waals surface area contributed by atoms with E-state index < -0.39 is 0 Å². The Balaban J connectivity index is 0.00000529. The molecule has 0 radical (unpaired) electrons. The molecule has 142 valence electrons. The van der Waals surface area contributed by atoms with Crippen LogP contribution >= 0.6 is 24.0 Å². The number of hydrogen-bond donors (Lipinski definition) is 2. The molecule has 1 unspecified atom stereocenters. The Morgan fingerprint density at radius 3 is 2.62 bits per heavy atom. The molecule has 1 aliphatic heterocycles. The fourth-order valence-corrected chi connectivity index (χ4v) is 2.40. The summed E-state index contributed by atoms with van der Waals surface area (Å²) < 4.78 is 10.0. The van der Waals surface area contributed by atoms with Crippen LogP contribution < -0.4 is 10.6 Å². The predicted octanol–water partition coefficient (Wildman–Crippen LogP) is 1.22. The second-order valence-electron chi connectivity index (χ2n) is 5.68. The minimum Gasteiger partial charge on any atom is -0.469 e. The first-order valence-corrected chi connectivity index (χ1v) is 8.58. The molecule has 0 aliphatic carbocycles. The van der Waals surface area contributed by atoms with Crippen LogP contribution in [0.4, 0.5) is 0 Å². The standard InChI is InChI=1S/C16H32N4O3.HI/c1-4-17-16(18-8-6-5-7-15(21)22-3)19-13-14(2)20-9-11-23-12-10-20;/h14H,4-13H2,1-3H3,(H2,17,18,19);1H. The van der Waals surface area contributed by atoms with E-state index in [4.69, 9.17) is 4.74 Å². The van der Waals surface area contributed by atoms with Gasteiger partial charge in [-0.25, -0.2) is 0 Å². The molecule has 0 aromatic rings. The lowest BCUT2D eigenvalue weighted by atomic mass is 10.2. The van der Waals surface area contributed by atoms with E-state index >= 15 is 0 Å². The lowest BCUT2D eigenvalue weighted by Gasteiger charge is -2.31.